The van der Waals surface area contributed by atoms with Crippen LogP contribution >= 0.6 is 0 Å². The highest BCUT2D eigenvalue weighted by atomic mass is 19.4. The maximum Gasteiger partial charge on any atom is 0.432 e. The molecule has 0 atom stereocenters. The molecule has 1 N–H and O–H groups in total. The lowest BCUT2D eigenvalue weighted by molar-refractivity contribution is -0.141. The molecule has 0 aromatic carbocycles. The zero-order chi connectivity index (χ0) is 15.3. The van der Waals surface area contributed by atoms with Crippen molar-refractivity contribution in [2.24, 2.45) is 0 Å². The smallest absolute Gasteiger partial charge is 0.273 e. The van der Waals surface area contributed by atoms with Crippen molar-refractivity contribution in [2.75, 3.05) is 0 Å². The number of aromatic amines is 1. The average molecular weight is 293 g/mol. The summed E-state index contributed by atoms with van der Waals surface area (Å²) in [6.07, 6.45) is -0.0261. The lowest BCUT2D eigenvalue weighted by Gasteiger charge is -2.00. The van der Waals surface area contributed by atoms with Gasteiger partial charge >= 0.3 is 6.18 Å². The number of alkyl halides is 3. The summed E-state index contributed by atoms with van der Waals surface area (Å²) in [6.45, 7) is 2.09. The Morgan fingerprint density at radius 3 is 2.71 bits per heavy atom. The van der Waals surface area contributed by atoms with Crippen LogP contribution in [0.15, 0.2) is 24.4 Å². The van der Waals surface area contributed by atoms with Crippen LogP contribution in [-0.2, 0) is 6.18 Å². The Bertz CT molecular complexity index is 663. The number of unbranched alkanes of at least 4 members (excludes halogenated alkanes) is 2. The number of aromatic nitrogens is 3. The minimum atomic E-state index is -4.44. The number of nitrogens with zero attached hydrogens (tertiary/aromatic N) is 2. The monoisotopic (exact) mass is 293 g/mol. The van der Waals surface area contributed by atoms with E-state index in [2.05, 4.69) is 28.8 Å². The van der Waals surface area contributed by atoms with Crippen LogP contribution in [0.1, 0.15) is 37.4 Å². The first-order valence-electron chi connectivity index (χ1n) is 6.58. The quantitative estimate of drug-likeness (QED) is 0.685. The van der Waals surface area contributed by atoms with E-state index in [1.54, 1.807) is 12.1 Å². The molecular formula is C15H14F3N3. The molecule has 2 heterocycles. The lowest BCUT2D eigenvalue weighted by Crippen LogP contribution is -2.04. The van der Waals surface area contributed by atoms with E-state index in [4.69, 9.17) is 0 Å². The Hall–Kier alpha value is -2.29. The molecule has 110 valence electrons. The van der Waals surface area contributed by atoms with Gasteiger partial charge in [0, 0.05) is 18.2 Å². The first kappa shape index (κ1) is 15.1. The van der Waals surface area contributed by atoms with E-state index in [0.717, 1.165) is 25.3 Å². The third-order valence-corrected chi connectivity index (χ3v) is 2.79. The fraction of sp³-hybridized carbons (Fsp3) is 0.333. The number of H-pyrrole nitrogens is 1. The van der Waals surface area contributed by atoms with E-state index in [1.807, 2.05) is 5.10 Å². The number of hydrogen-bond donors (Lipinski definition) is 1. The standard InChI is InChI=1S/C15H14F3N3/c1-2-3-4-5-6-11-7-8-19-12(9-11)13-10-14(21-20-13)15(16,17)18/h7-10H,2-4H2,1H3,(H,20,21). The highest BCUT2D eigenvalue weighted by Gasteiger charge is 2.33. The van der Waals surface area contributed by atoms with Gasteiger partial charge in [0.1, 0.15) is 11.4 Å². The molecule has 0 aliphatic carbocycles. The molecule has 21 heavy (non-hydrogen) atoms. The van der Waals surface area contributed by atoms with Crippen LogP contribution in [0.2, 0.25) is 0 Å². The van der Waals surface area contributed by atoms with Gasteiger partial charge in [-0.05, 0) is 24.6 Å². The van der Waals surface area contributed by atoms with Crippen molar-refractivity contribution in [3.8, 4) is 23.2 Å². The van der Waals surface area contributed by atoms with Crippen LogP contribution in [0.3, 0.4) is 0 Å². The van der Waals surface area contributed by atoms with Crippen molar-refractivity contribution in [3.63, 3.8) is 0 Å². The maximum atomic E-state index is 12.5. The van der Waals surface area contributed by atoms with Crippen LogP contribution in [0.5, 0.6) is 0 Å². The van der Waals surface area contributed by atoms with E-state index in [-0.39, 0.29) is 5.69 Å². The van der Waals surface area contributed by atoms with Gasteiger partial charge < -0.3 is 0 Å². The normalized spacial score (nSPS) is 11.0. The second-order valence-corrected chi connectivity index (χ2v) is 4.50. The molecule has 0 saturated heterocycles. The summed E-state index contributed by atoms with van der Waals surface area (Å²) in [7, 11) is 0. The van der Waals surface area contributed by atoms with Gasteiger partial charge in [-0.1, -0.05) is 25.2 Å². The zero-order valence-corrected chi connectivity index (χ0v) is 11.5. The van der Waals surface area contributed by atoms with Crippen LogP contribution in [-0.4, -0.2) is 15.2 Å². The van der Waals surface area contributed by atoms with E-state index in [0.29, 0.717) is 11.3 Å². The first-order valence-corrected chi connectivity index (χ1v) is 6.58. The van der Waals surface area contributed by atoms with Gasteiger partial charge in [0.2, 0.25) is 0 Å². The topological polar surface area (TPSA) is 41.6 Å². The summed E-state index contributed by atoms with van der Waals surface area (Å²) in [4.78, 5) is 4.03. The number of rotatable bonds is 3. The van der Waals surface area contributed by atoms with Gasteiger partial charge in [-0.3, -0.25) is 10.1 Å². The summed E-state index contributed by atoms with van der Waals surface area (Å²) >= 11 is 0. The Labute approximate surface area is 120 Å². The zero-order valence-electron chi connectivity index (χ0n) is 11.5. The van der Waals surface area contributed by atoms with Crippen molar-refractivity contribution in [1.82, 2.24) is 15.2 Å². The van der Waals surface area contributed by atoms with Crippen LogP contribution < -0.4 is 0 Å². The highest BCUT2D eigenvalue weighted by molar-refractivity contribution is 5.57. The van der Waals surface area contributed by atoms with Crippen LogP contribution in [0.4, 0.5) is 13.2 Å². The van der Waals surface area contributed by atoms with Crippen molar-refractivity contribution < 1.29 is 13.2 Å². The number of nitrogens with one attached hydrogen (secondary N) is 1. The van der Waals surface area contributed by atoms with Gasteiger partial charge in [-0.25, -0.2) is 0 Å². The van der Waals surface area contributed by atoms with Gasteiger partial charge in [-0.2, -0.15) is 18.3 Å². The fourth-order valence-corrected chi connectivity index (χ4v) is 1.68. The summed E-state index contributed by atoms with van der Waals surface area (Å²) in [5.41, 5.74) is 0.343. The highest BCUT2D eigenvalue weighted by Crippen LogP contribution is 2.29. The van der Waals surface area contributed by atoms with Gasteiger partial charge in [0.15, 0.2) is 0 Å². The molecule has 0 amide bonds. The fourth-order valence-electron chi connectivity index (χ4n) is 1.68. The summed E-state index contributed by atoms with van der Waals surface area (Å²) in [6, 6.07) is 4.30. The van der Waals surface area contributed by atoms with Crippen LogP contribution in [0, 0.1) is 11.8 Å². The molecule has 0 spiro atoms. The molecule has 2 rings (SSSR count). The van der Waals surface area contributed by atoms with Gasteiger partial charge in [-0.15, -0.1) is 0 Å². The Balaban J connectivity index is 2.20. The molecule has 0 saturated carbocycles. The minimum Gasteiger partial charge on any atom is -0.273 e. The summed E-state index contributed by atoms with van der Waals surface area (Å²) < 4.78 is 37.6. The predicted octanol–water partition coefficient (Wildman–Crippen LogP) is 4.03. The van der Waals surface area contributed by atoms with Crippen molar-refractivity contribution in [3.05, 3.63) is 35.7 Å². The molecule has 6 heteroatoms. The van der Waals surface area contributed by atoms with Gasteiger partial charge in [0.05, 0.1) is 5.69 Å². The van der Waals surface area contributed by atoms with Crippen molar-refractivity contribution in [2.45, 2.75) is 32.4 Å². The molecule has 0 radical (unpaired) electrons. The molecule has 0 fully saturated rings. The predicted molar refractivity (Wildman–Crippen MR) is 73.2 cm³/mol. The molecule has 2 aromatic rings. The second-order valence-electron chi connectivity index (χ2n) is 4.50. The largest absolute Gasteiger partial charge is 0.432 e. The molecule has 2 aromatic heterocycles. The third-order valence-electron chi connectivity index (χ3n) is 2.79. The average Bonchev–Trinajstić information content (AvgIpc) is 2.94. The SMILES string of the molecule is CCCCC#Cc1ccnc(-c2cc(C(F)(F)F)[nH]n2)c1. The summed E-state index contributed by atoms with van der Waals surface area (Å²) in [5, 5.41) is 5.62. The van der Waals surface area contributed by atoms with E-state index in [9.17, 15) is 13.2 Å². The lowest BCUT2D eigenvalue weighted by atomic mass is 10.2. The maximum absolute atomic E-state index is 12.5. The Morgan fingerprint density at radius 2 is 2.05 bits per heavy atom. The molecule has 3 nitrogen and oxygen atoms in total. The minimum absolute atomic E-state index is 0.152. The number of halogens is 3. The van der Waals surface area contributed by atoms with Crippen LogP contribution in [0.25, 0.3) is 11.4 Å². The third kappa shape index (κ3) is 4.09. The molecule has 0 unspecified atom stereocenters. The van der Waals surface area contributed by atoms with Gasteiger partial charge in [0.25, 0.3) is 0 Å². The Morgan fingerprint density at radius 1 is 1.24 bits per heavy atom. The van der Waals surface area contributed by atoms with Crippen molar-refractivity contribution in [1.29, 1.82) is 0 Å². The second kappa shape index (κ2) is 6.44. The molecular weight excluding hydrogens is 279 g/mol. The summed E-state index contributed by atoms with van der Waals surface area (Å²) in [5.74, 6) is 6.00. The first-order chi connectivity index (χ1) is 10.0. The molecule has 0 aliphatic rings. The van der Waals surface area contributed by atoms with E-state index >= 15 is 0 Å². The van der Waals surface area contributed by atoms with Crippen molar-refractivity contribution >= 4 is 0 Å². The van der Waals surface area contributed by atoms with E-state index < -0.39 is 11.9 Å². The molecule has 0 aliphatic heterocycles. The van der Waals surface area contributed by atoms with E-state index in [1.165, 1.54) is 6.20 Å². The molecule has 0 bridgehead atoms. The Kier molecular flexibility index (Phi) is 4.63. The number of pyridine rings is 1. The number of hydrogen-bond acceptors (Lipinski definition) is 2.